The Kier molecular flexibility index (Phi) is 4.40. The Morgan fingerprint density at radius 2 is 1.86 bits per heavy atom. The van der Waals surface area contributed by atoms with E-state index in [0.29, 0.717) is 0 Å². The molecule has 5 nitrogen and oxygen atoms in total. The Morgan fingerprint density at radius 1 is 1.36 bits per heavy atom. The molecule has 0 unspecified atom stereocenters. The van der Waals surface area contributed by atoms with Crippen LogP contribution in [-0.2, 0) is 4.79 Å². The standard InChI is InChI=1S/C9H18N2O3/c1-9(2,3)11(8(14)10-4)6-5-7(12)13/h5-6H2,1-4H3,(H,10,14)(H,12,13). The highest BCUT2D eigenvalue weighted by molar-refractivity contribution is 5.75. The van der Waals surface area contributed by atoms with Crippen LogP contribution in [0, 0.1) is 0 Å². The Bertz CT molecular complexity index is 221. The zero-order chi connectivity index (χ0) is 11.4. The molecule has 0 rings (SSSR count). The fourth-order valence-corrected chi connectivity index (χ4v) is 1.08. The molecule has 82 valence electrons. The highest BCUT2D eigenvalue weighted by atomic mass is 16.4. The lowest BCUT2D eigenvalue weighted by Crippen LogP contribution is -2.50. The van der Waals surface area contributed by atoms with Crippen LogP contribution in [0.4, 0.5) is 4.79 Å². The van der Waals surface area contributed by atoms with Crippen LogP contribution in [0.25, 0.3) is 0 Å². The number of carboxylic acid groups (broad SMARTS) is 1. The van der Waals surface area contributed by atoms with E-state index in [-0.39, 0.29) is 24.5 Å². The van der Waals surface area contributed by atoms with Crippen LogP contribution in [0.3, 0.4) is 0 Å². The summed E-state index contributed by atoms with van der Waals surface area (Å²) in [6.07, 6.45) is -0.0370. The Labute approximate surface area is 84.1 Å². The van der Waals surface area contributed by atoms with Crippen molar-refractivity contribution in [2.75, 3.05) is 13.6 Å². The van der Waals surface area contributed by atoms with Gasteiger partial charge in [0.1, 0.15) is 0 Å². The van der Waals surface area contributed by atoms with E-state index in [1.165, 1.54) is 11.9 Å². The molecule has 0 saturated carbocycles. The van der Waals surface area contributed by atoms with Crippen LogP contribution in [-0.4, -0.2) is 41.1 Å². The van der Waals surface area contributed by atoms with E-state index >= 15 is 0 Å². The molecule has 0 spiro atoms. The molecular formula is C9H18N2O3. The summed E-state index contributed by atoms with van der Waals surface area (Å²) in [6.45, 7) is 5.82. The first-order chi connectivity index (χ1) is 6.29. The summed E-state index contributed by atoms with van der Waals surface area (Å²) in [5.74, 6) is -0.900. The molecular weight excluding hydrogens is 184 g/mol. The molecule has 2 N–H and O–H groups in total. The first kappa shape index (κ1) is 12.7. The fraction of sp³-hybridized carbons (Fsp3) is 0.778. The molecule has 0 radical (unpaired) electrons. The Balaban J connectivity index is 4.41. The van der Waals surface area contributed by atoms with Gasteiger partial charge >= 0.3 is 12.0 Å². The van der Waals surface area contributed by atoms with Gasteiger partial charge in [0.05, 0.1) is 6.42 Å². The van der Waals surface area contributed by atoms with Crippen molar-refractivity contribution in [3.8, 4) is 0 Å². The summed E-state index contributed by atoms with van der Waals surface area (Å²) in [6, 6.07) is -0.251. The maximum atomic E-state index is 11.4. The number of carbonyl (C=O) groups is 2. The zero-order valence-electron chi connectivity index (χ0n) is 9.13. The van der Waals surface area contributed by atoms with Crippen LogP contribution in [0.15, 0.2) is 0 Å². The monoisotopic (exact) mass is 202 g/mol. The minimum Gasteiger partial charge on any atom is -0.481 e. The number of hydrogen-bond acceptors (Lipinski definition) is 2. The van der Waals surface area contributed by atoms with Gasteiger partial charge in [-0.15, -0.1) is 0 Å². The van der Waals surface area contributed by atoms with Crippen molar-refractivity contribution in [3.63, 3.8) is 0 Å². The normalized spacial score (nSPS) is 10.9. The fourth-order valence-electron chi connectivity index (χ4n) is 1.08. The van der Waals surface area contributed by atoms with Gasteiger partial charge in [0.15, 0.2) is 0 Å². The molecule has 0 aromatic carbocycles. The van der Waals surface area contributed by atoms with E-state index in [0.717, 1.165) is 0 Å². The number of carbonyl (C=O) groups excluding carboxylic acids is 1. The van der Waals surface area contributed by atoms with Crippen LogP contribution < -0.4 is 5.32 Å². The second-order valence-electron chi connectivity index (χ2n) is 4.02. The van der Waals surface area contributed by atoms with Gasteiger partial charge in [-0.05, 0) is 20.8 Å². The SMILES string of the molecule is CNC(=O)N(CCC(=O)O)C(C)(C)C. The Morgan fingerprint density at radius 3 is 2.14 bits per heavy atom. The number of carboxylic acids is 1. The van der Waals surface area contributed by atoms with E-state index < -0.39 is 5.97 Å². The lowest BCUT2D eigenvalue weighted by atomic mass is 10.1. The van der Waals surface area contributed by atoms with Crippen molar-refractivity contribution in [1.82, 2.24) is 10.2 Å². The summed E-state index contributed by atoms with van der Waals surface area (Å²) in [5, 5.41) is 11.0. The van der Waals surface area contributed by atoms with E-state index in [2.05, 4.69) is 5.32 Å². The Hall–Kier alpha value is -1.26. The molecule has 0 bridgehead atoms. The van der Waals surface area contributed by atoms with Gasteiger partial charge in [0, 0.05) is 19.1 Å². The van der Waals surface area contributed by atoms with Gasteiger partial charge in [-0.3, -0.25) is 4.79 Å². The molecule has 0 aliphatic carbocycles. The molecule has 0 fully saturated rings. The first-order valence-electron chi connectivity index (χ1n) is 4.50. The molecule has 0 aromatic rings. The highest BCUT2D eigenvalue weighted by Crippen LogP contribution is 2.13. The topological polar surface area (TPSA) is 69.6 Å². The number of rotatable bonds is 3. The third kappa shape index (κ3) is 4.11. The summed E-state index contributed by atoms with van der Waals surface area (Å²) in [7, 11) is 1.53. The van der Waals surface area contributed by atoms with Crippen LogP contribution in [0.1, 0.15) is 27.2 Å². The molecule has 0 aromatic heterocycles. The maximum absolute atomic E-state index is 11.4. The number of amides is 2. The smallest absolute Gasteiger partial charge is 0.317 e. The predicted octanol–water partition coefficient (Wildman–Crippen LogP) is 0.901. The summed E-state index contributed by atoms with van der Waals surface area (Å²) < 4.78 is 0. The third-order valence-corrected chi connectivity index (χ3v) is 1.82. The third-order valence-electron chi connectivity index (χ3n) is 1.82. The van der Waals surface area contributed by atoms with Crippen molar-refractivity contribution in [2.45, 2.75) is 32.7 Å². The van der Waals surface area contributed by atoms with Crippen LogP contribution >= 0.6 is 0 Å². The molecule has 0 atom stereocenters. The van der Waals surface area contributed by atoms with Crippen molar-refractivity contribution >= 4 is 12.0 Å². The lowest BCUT2D eigenvalue weighted by Gasteiger charge is -2.34. The second-order valence-corrected chi connectivity index (χ2v) is 4.02. The van der Waals surface area contributed by atoms with E-state index in [4.69, 9.17) is 5.11 Å². The van der Waals surface area contributed by atoms with Gasteiger partial charge in [-0.1, -0.05) is 0 Å². The number of nitrogens with one attached hydrogen (secondary N) is 1. The van der Waals surface area contributed by atoms with Crippen molar-refractivity contribution in [1.29, 1.82) is 0 Å². The molecule has 2 amide bonds. The summed E-state index contributed by atoms with van der Waals surface area (Å²) in [5.41, 5.74) is -0.366. The average molecular weight is 202 g/mol. The largest absolute Gasteiger partial charge is 0.481 e. The highest BCUT2D eigenvalue weighted by Gasteiger charge is 2.25. The number of nitrogens with zero attached hydrogens (tertiary/aromatic N) is 1. The predicted molar refractivity (Wildman–Crippen MR) is 53.2 cm³/mol. The maximum Gasteiger partial charge on any atom is 0.317 e. The zero-order valence-corrected chi connectivity index (χ0v) is 9.13. The van der Waals surface area contributed by atoms with Gasteiger partial charge < -0.3 is 15.3 Å². The van der Waals surface area contributed by atoms with Gasteiger partial charge in [0.25, 0.3) is 0 Å². The molecule has 0 aliphatic rings. The number of urea groups is 1. The van der Waals surface area contributed by atoms with Crippen LogP contribution in [0.2, 0.25) is 0 Å². The second kappa shape index (κ2) is 4.83. The summed E-state index contributed by atoms with van der Waals surface area (Å²) in [4.78, 5) is 23.3. The lowest BCUT2D eigenvalue weighted by molar-refractivity contribution is -0.137. The van der Waals surface area contributed by atoms with Crippen molar-refractivity contribution in [2.24, 2.45) is 0 Å². The van der Waals surface area contributed by atoms with Crippen molar-refractivity contribution < 1.29 is 14.7 Å². The minimum atomic E-state index is -0.900. The number of aliphatic carboxylic acids is 1. The average Bonchev–Trinajstić information content (AvgIpc) is 2.01. The molecule has 0 aliphatic heterocycles. The summed E-state index contributed by atoms with van der Waals surface area (Å²) >= 11 is 0. The molecule has 0 heterocycles. The first-order valence-corrected chi connectivity index (χ1v) is 4.50. The van der Waals surface area contributed by atoms with E-state index in [1.807, 2.05) is 20.8 Å². The van der Waals surface area contributed by atoms with Crippen molar-refractivity contribution in [3.05, 3.63) is 0 Å². The van der Waals surface area contributed by atoms with Gasteiger partial charge in [-0.2, -0.15) is 0 Å². The number of hydrogen-bond donors (Lipinski definition) is 2. The van der Waals surface area contributed by atoms with E-state index in [1.54, 1.807) is 0 Å². The minimum absolute atomic E-state index is 0.0370. The van der Waals surface area contributed by atoms with Gasteiger partial charge in [0.2, 0.25) is 0 Å². The van der Waals surface area contributed by atoms with E-state index in [9.17, 15) is 9.59 Å². The van der Waals surface area contributed by atoms with Gasteiger partial charge in [-0.25, -0.2) is 4.79 Å². The van der Waals surface area contributed by atoms with Crippen LogP contribution in [0.5, 0.6) is 0 Å². The quantitative estimate of drug-likeness (QED) is 0.714. The molecule has 0 saturated heterocycles. The molecule has 14 heavy (non-hydrogen) atoms. The molecule has 5 heteroatoms.